The molecule has 1 aromatic rings. The maximum absolute atomic E-state index is 12.6. The van der Waals surface area contributed by atoms with Gasteiger partial charge in [-0.3, -0.25) is 4.98 Å². The molecule has 1 heterocycles. The van der Waals surface area contributed by atoms with Crippen molar-refractivity contribution in [1.82, 2.24) is 4.98 Å². The summed E-state index contributed by atoms with van der Waals surface area (Å²) in [6.45, 7) is -0.416. The van der Waals surface area contributed by atoms with Gasteiger partial charge in [-0.1, -0.05) is 12.1 Å². The Morgan fingerprint density at radius 1 is 1.46 bits per heavy atom. The van der Waals surface area contributed by atoms with E-state index in [4.69, 9.17) is 0 Å². The van der Waals surface area contributed by atoms with Crippen LogP contribution in [0.1, 0.15) is 30.5 Å². The highest BCUT2D eigenvalue weighted by Crippen LogP contribution is 2.28. The van der Waals surface area contributed by atoms with E-state index in [1.807, 2.05) is 6.07 Å². The Kier molecular flexibility index (Phi) is 2.39. The lowest BCUT2D eigenvalue weighted by Crippen LogP contribution is -1.93. The minimum Gasteiger partial charge on any atom is -0.256 e. The van der Waals surface area contributed by atoms with E-state index >= 15 is 0 Å². The summed E-state index contributed by atoms with van der Waals surface area (Å²) >= 11 is 0. The molecule has 0 fully saturated rings. The summed E-state index contributed by atoms with van der Waals surface area (Å²) in [6.07, 6.45) is 7.23. The maximum Gasteiger partial charge on any atom is 0.117 e. The molecule has 0 unspecified atom stereocenters. The molecule has 0 radical (unpaired) electrons. The van der Waals surface area contributed by atoms with Gasteiger partial charge in [-0.2, -0.15) is 0 Å². The zero-order chi connectivity index (χ0) is 9.10. The molecule has 0 spiro atoms. The van der Waals surface area contributed by atoms with Crippen LogP contribution in [0.5, 0.6) is 0 Å². The van der Waals surface area contributed by atoms with Crippen LogP contribution in [0.15, 0.2) is 24.4 Å². The topological polar surface area (TPSA) is 12.9 Å². The Labute approximate surface area is 77.3 Å². The van der Waals surface area contributed by atoms with E-state index in [1.54, 1.807) is 12.3 Å². The highest BCUT2D eigenvalue weighted by atomic mass is 19.1. The van der Waals surface area contributed by atoms with E-state index in [0.717, 1.165) is 24.1 Å². The third-order valence-electron chi connectivity index (χ3n) is 2.38. The molecule has 1 aromatic heterocycles. The first-order valence-corrected chi connectivity index (χ1v) is 4.61. The zero-order valence-corrected chi connectivity index (χ0v) is 7.46. The van der Waals surface area contributed by atoms with Crippen LogP contribution < -0.4 is 0 Å². The second-order valence-electron chi connectivity index (χ2n) is 3.27. The largest absolute Gasteiger partial charge is 0.256 e. The van der Waals surface area contributed by atoms with E-state index in [2.05, 4.69) is 11.1 Å². The third kappa shape index (κ3) is 1.62. The Morgan fingerprint density at radius 3 is 3.08 bits per heavy atom. The smallest absolute Gasteiger partial charge is 0.117 e. The van der Waals surface area contributed by atoms with Gasteiger partial charge in [0.1, 0.15) is 6.67 Å². The fourth-order valence-corrected chi connectivity index (χ4v) is 1.72. The van der Waals surface area contributed by atoms with Gasteiger partial charge >= 0.3 is 0 Å². The van der Waals surface area contributed by atoms with Gasteiger partial charge in [-0.25, -0.2) is 4.39 Å². The molecule has 0 saturated carbocycles. The van der Waals surface area contributed by atoms with Crippen molar-refractivity contribution in [3.63, 3.8) is 0 Å². The van der Waals surface area contributed by atoms with Crippen LogP contribution in [0.25, 0.3) is 5.57 Å². The first-order valence-electron chi connectivity index (χ1n) is 4.61. The SMILES string of the molecule is FCc1cccnc1C1=CCCC1. The average molecular weight is 177 g/mol. The van der Waals surface area contributed by atoms with E-state index in [0.29, 0.717) is 0 Å². The van der Waals surface area contributed by atoms with Crippen LogP contribution in [-0.2, 0) is 6.67 Å². The molecule has 0 aliphatic heterocycles. The summed E-state index contributed by atoms with van der Waals surface area (Å²) < 4.78 is 12.6. The van der Waals surface area contributed by atoms with Crippen molar-refractivity contribution in [2.75, 3.05) is 0 Å². The number of nitrogens with zero attached hydrogens (tertiary/aromatic N) is 1. The third-order valence-corrected chi connectivity index (χ3v) is 2.38. The van der Waals surface area contributed by atoms with Crippen molar-refractivity contribution < 1.29 is 4.39 Å². The lowest BCUT2D eigenvalue weighted by Gasteiger charge is -2.05. The lowest BCUT2D eigenvalue weighted by atomic mass is 10.1. The fraction of sp³-hybridized carbons (Fsp3) is 0.364. The Morgan fingerprint density at radius 2 is 2.38 bits per heavy atom. The van der Waals surface area contributed by atoms with Crippen LogP contribution >= 0.6 is 0 Å². The Hall–Kier alpha value is -1.18. The molecule has 1 aliphatic carbocycles. The molecular formula is C11H12FN. The molecule has 13 heavy (non-hydrogen) atoms. The van der Waals surface area contributed by atoms with Crippen molar-refractivity contribution in [3.05, 3.63) is 35.7 Å². The predicted octanol–water partition coefficient (Wildman–Crippen LogP) is 3.12. The highest BCUT2D eigenvalue weighted by molar-refractivity contribution is 5.66. The molecule has 1 nitrogen and oxygen atoms in total. The minimum absolute atomic E-state index is 0.416. The van der Waals surface area contributed by atoms with E-state index < -0.39 is 6.67 Å². The van der Waals surface area contributed by atoms with Crippen LogP contribution in [-0.4, -0.2) is 4.98 Å². The van der Waals surface area contributed by atoms with E-state index in [9.17, 15) is 4.39 Å². The molecule has 0 amide bonds. The van der Waals surface area contributed by atoms with Crippen LogP contribution in [0.2, 0.25) is 0 Å². The van der Waals surface area contributed by atoms with Crippen molar-refractivity contribution in [3.8, 4) is 0 Å². The number of halogens is 1. The summed E-state index contributed by atoms with van der Waals surface area (Å²) in [7, 11) is 0. The number of aromatic nitrogens is 1. The van der Waals surface area contributed by atoms with Gasteiger partial charge < -0.3 is 0 Å². The van der Waals surface area contributed by atoms with Gasteiger partial charge in [-0.05, 0) is 30.9 Å². The van der Waals surface area contributed by atoms with Gasteiger partial charge in [0, 0.05) is 11.8 Å². The maximum atomic E-state index is 12.6. The second-order valence-corrected chi connectivity index (χ2v) is 3.27. The van der Waals surface area contributed by atoms with E-state index in [-0.39, 0.29) is 0 Å². The number of alkyl halides is 1. The second kappa shape index (κ2) is 3.69. The molecule has 0 aromatic carbocycles. The lowest BCUT2D eigenvalue weighted by molar-refractivity contribution is 0.483. The molecule has 1 aliphatic rings. The van der Waals surface area contributed by atoms with Crippen molar-refractivity contribution in [2.24, 2.45) is 0 Å². The summed E-state index contributed by atoms with van der Waals surface area (Å²) in [5, 5.41) is 0. The quantitative estimate of drug-likeness (QED) is 0.676. The number of rotatable bonds is 2. The standard InChI is InChI=1S/C11H12FN/c12-8-10-6-3-7-13-11(10)9-4-1-2-5-9/h3-4,6-7H,1-2,5,8H2. The van der Waals surface area contributed by atoms with Gasteiger partial charge in [0.25, 0.3) is 0 Å². The monoisotopic (exact) mass is 177 g/mol. The van der Waals surface area contributed by atoms with Crippen LogP contribution in [0.3, 0.4) is 0 Å². The summed E-state index contributed by atoms with van der Waals surface area (Å²) in [5.41, 5.74) is 2.80. The van der Waals surface area contributed by atoms with Gasteiger partial charge in [-0.15, -0.1) is 0 Å². The van der Waals surface area contributed by atoms with Crippen LogP contribution in [0.4, 0.5) is 4.39 Å². The summed E-state index contributed by atoms with van der Waals surface area (Å²) in [5.74, 6) is 0. The van der Waals surface area contributed by atoms with Crippen molar-refractivity contribution in [1.29, 1.82) is 0 Å². The molecule has 2 heteroatoms. The first kappa shape index (κ1) is 8.42. The number of hydrogen-bond donors (Lipinski definition) is 0. The Balaban J connectivity index is 2.38. The molecule has 0 bridgehead atoms. The molecule has 68 valence electrons. The Bertz CT molecular complexity index is 331. The molecule has 0 atom stereocenters. The normalized spacial score (nSPS) is 15.9. The number of pyridine rings is 1. The van der Waals surface area contributed by atoms with Crippen LogP contribution in [0, 0.1) is 0 Å². The molecule has 0 saturated heterocycles. The predicted molar refractivity (Wildman–Crippen MR) is 50.9 cm³/mol. The van der Waals surface area contributed by atoms with Gasteiger partial charge in [0.05, 0.1) is 5.69 Å². The molecular weight excluding hydrogens is 165 g/mol. The molecule has 0 N–H and O–H groups in total. The summed E-state index contributed by atoms with van der Waals surface area (Å²) in [4.78, 5) is 4.22. The number of allylic oxidation sites excluding steroid dienone is 2. The highest BCUT2D eigenvalue weighted by Gasteiger charge is 2.11. The van der Waals surface area contributed by atoms with Crippen molar-refractivity contribution in [2.45, 2.75) is 25.9 Å². The minimum atomic E-state index is -0.416. The zero-order valence-electron chi connectivity index (χ0n) is 7.46. The van der Waals surface area contributed by atoms with E-state index in [1.165, 1.54) is 12.0 Å². The summed E-state index contributed by atoms with van der Waals surface area (Å²) in [6, 6.07) is 3.59. The van der Waals surface area contributed by atoms with Crippen molar-refractivity contribution >= 4 is 5.57 Å². The number of hydrogen-bond acceptors (Lipinski definition) is 1. The average Bonchev–Trinajstić information content (AvgIpc) is 2.70. The first-order chi connectivity index (χ1) is 6.42. The van der Waals surface area contributed by atoms with Gasteiger partial charge in [0.2, 0.25) is 0 Å². The molecule has 2 rings (SSSR count). The van der Waals surface area contributed by atoms with Gasteiger partial charge in [0.15, 0.2) is 0 Å². The fourth-order valence-electron chi connectivity index (χ4n) is 1.72.